The zero-order valence-electron chi connectivity index (χ0n) is 15.6. The van der Waals surface area contributed by atoms with Crippen LogP contribution in [0.5, 0.6) is 0 Å². The van der Waals surface area contributed by atoms with E-state index in [1.165, 1.54) is 30.3 Å². The summed E-state index contributed by atoms with van der Waals surface area (Å²) in [5, 5.41) is 4.61. The molecule has 3 aromatic carbocycles. The molecule has 0 aliphatic heterocycles. The Bertz CT molecular complexity index is 1060. The fourth-order valence-corrected chi connectivity index (χ4v) is 2.53. The average molecular weight is 471 g/mol. The highest BCUT2D eigenvalue weighted by molar-refractivity contribution is 7.80. The number of carbonyl (C=O) groups excluding carboxylic acids is 2. The predicted molar refractivity (Wildman–Crippen MR) is 113 cm³/mol. The van der Waals surface area contributed by atoms with Gasteiger partial charge in [-0.15, -0.1) is 12.6 Å². The van der Waals surface area contributed by atoms with Gasteiger partial charge in [0.15, 0.2) is 0 Å². The molecule has 0 saturated heterocycles. The van der Waals surface area contributed by atoms with Crippen molar-refractivity contribution in [2.24, 2.45) is 0 Å². The van der Waals surface area contributed by atoms with E-state index in [-0.39, 0.29) is 10.6 Å². The number of hydrogen-bond donors (Lipinski definition) is 3. The monoisotopic (exact) mass is 470 g/mol. The third kappa shape index (κ3) is 7.95. The van der Waals surface area contributed by atoms with Gasteiger partial charge in [-0.25, -0.2) is 9.18 Å². The number of nitrogens with one attached hydrogen (secondary N) is 2. The number of thiol groups is 1. The molecule has 0 aliphatic rings. The number of alkyl halides is 3. The number of amides is 3. The highest BCUT2D eigenvalue weighted by Gasteiger charge is 2.30. The molecule has 3 rings (SSSR count). The fourth-order valence-electron chi connectivity index (χ4n) is 2.19. The quantitative estimate of drug-likeness (QED) is 0.298. The summed E-state index contributed by atoms with van der Waals surface area (Å²) in [7, 11) is 0. The molecule has 0 unspecified atom stereocenters. The van der Waals surface area contributed by atoms with Crippen molar-refractivity contribution in [1.82, 2.24) is 5.32 Å². The Balaban J connectivity index is 0.000000262. The molecule has 0 aromatic heterocycles. The highest BCUT2D eigenvalue weighted by atomic mass is 35.5. The first-order chi connectivity index (χ1) is 14.6. The van der Waals surface area contributed by atoms with E-state index in [9.17, 15) is 27.2 Å². The van der Waals surface area contributed by atoms with E-state index in [0.717, 1.165) is 23.1 Å². The van der Waals surface area contributed by atoms with Gasteiger partial charge in [-0.3, -0.25) is 10.1 Å². The maximum atomic E-state index is 13.4. The van der Waals surface area contributed by atoms with Crippen LogP contribution in [0.15, 0.2) is 77.7 Å². The van der Waals surface area contributed by atoms with E-state index in [2.05, 4.69) is 23.3 Å². The summed E-state index contributed by atoms with van der Waals surface area (Å²) in [6.07, 6.45) is -4.30. The van der Waals surface area contributed by atoms with Crippen molar-refractivity contribution in [3.05, 3.63) is 94.8 Å². The summed E-state index contributed by atoms with van der Waals surface area (Å²) in [4.78, 5) is 24.1. The van der Waals surface area contributed by atoms with Crippen LogP contribution in [0.1, 0.15) is 15.9 Å². The predicted octanol–water partition coefficient (Wildman–Crippen LogP) is 6.44. The van der Waals surface area contributed by atoms with Crippen LogP contribution in [-0.2, 0) is 6.18 Å². The smallest absolute Gasteiger partial charge is 0.308 e. The number of imide groups is 1. The normalized spacial score (nSPS) is 10.5. The summed E-state index contributed by atoms with van der Waals surface area (Å²) in [5.74, 6) is -1.48. The van der Waals surface area contributed by atoms with E-state index in [1.54, 1.807) is 24.3 Å². The first-order valence-electron chi connectivity index (χ1n) is 8.55. The van der Waals surface area contributed by atoms with Gasteiger partial charge in [0.1, 0.15) is 5.82 Å². The average Bonchev–Trinajstić information content (AvgIpc) is 2.70. The Morgan fingerprint density at radius 3 is 2.10 bits per heavy atom. The van der Waals surface area contributed by atoms with Crippen LogP contribution in [0.4, 0.5) is 28.0 Å². The molecule has 0 atom stereocenters. The lowest BCUT2D eigenvalue weighted by atomic mass is 10.2. The number of carbonyl (C=O) groups is 2. The van der Waals surface area contributed by atoms with Crippen LogP contribution in [0.3, 0.4) is 0 Å². The standard InChI is InChI=1S/C14H11FN2O2S.C7H4ClF3/c15-12-4-2-1-3-11(12)13(18)17-14(19)16-9-5-7-10(20)8-6-9;8-6-3-1-2-5(4-6)7(9,10)11/h1-8,20H,(H2,16,17,18,19);1-4H. The van der Waals surface area contributed by atoms with Gasteiger partial charge in [-0.1, -0.05) is 29.8 Å². The molecule has 0 saturated carbocycles. The summed E-state index contributed by atoms with van der Waals surface area (Å²) >= 11 is 9.46. The summed E-state index contributed by atoms with van der Waals surface area (Å²) in [6.45, 7) is 0. The largest absolute Gasteiger partial charge is 0.416 e. The number of anilines is 1. The van der Waals surface area contributed by atoms with Crippen LogP contribution in [0.2, 0.25) is 5.02 Å². The van der Waals surface area contributed by atoms with Crippen LogP contribution < -0.4 is 10.6 Å². The van der Waals surface area contributed by atoms with Crippen molar-refractivity contribution in [2.75, 3.05) is 5.32 Å². The molecule has 0 aliphatic carbocycles. The highest BCUT2D eigenvalue weighted by Crippen LogP contribution is 2.30. The van der Waals surface area contributed by atoms with Crippen molar-refractivity contribution in [3.63, 3.8) is 0 Å². The minimum atomic E-state index is -4.30. The Morgan fingerprint density at radius 1 is 0.903 bits per heavy atom. The van der Waals surface area contributed by atoms with Crippen molar-refractivity contribution in [3.8, 4) is 0 Å². The van der Waals surface area contributed by atoms with Gasteiger partial charge in [0.05, 0.1) is 11.1 Å². The summed E-state index contributed by atoms with van der Waals surface area (Å²) in [6, 6.07) is 15.9. The Labute approximate surface area is 185 Å². The Hall–Kier alpha value is -3.04. The molecule has 0 spiro atoms. The molecule has 162 valence electrons. The zero-order valence-corrected chi connectivity index (χ0v) is 17.2. The molecule has 0 fully saturated rings. The Morgan fingerprint density at radius 2 is 1.55 bits per heavy atom. The third-order valence-electron chi connectivity index (χ3n) is 3.62. The van der Waals surface area contributed by atoms with Crippen LogP contribution in [0, 0.1) is 5.82 Å². The topological polar surface area (TPSA) is 58.2 Å². The lowest BCUT2D eigenvalue weighted by Crippen LogP contribution is -2.34. The van der Waals surface area contributed by atoms with E-state index in [0.29, 0.717) is 5.69 Å². The molecule has 31 heavy (non-hydrogen) atoms. The van der Waals surface area contributed by atoms with Crippen LogP contribution >= 0.6 is 24.2 Å². The van der Waals surface area contributed by atoms with Gasteiger partial charge >= 0.3 is 12.2 Å². The molecule has 0 heterocycles. The molecular weight excluding hydrogens is 456 g/mol. The third-order valence-corrected chi connectivity index (χ3v) is 4.16. The SMILES string of the molecule is FC(F)(F)c1cccc(Cl)c1.O=C(NC(=O)c1ccccc1F)Nc1ccc(S)cc1. The van der Waals surface area contributed by atoms with Gasteiger partial charge in [0.2, 0.25) is 0 Å². The number of hydrogen-bond acceptors (Lipinski definition) is 3. The van der Waals surface area contributed by atoms with Gasteiger partial charge in [-0.05, 0) is 54.6 Å². The molecule has 0 radical (unpaired) electrons. The second-order valence-corrected chi connectivity index (χ2v) is 6.90. The van der Waals surface area contributed by atoms with Crippen LogP contribution in [0.25, 0.3) is 0 Å². The number of halogens is 5. The first-order valence-corrected chi connectivity index (χ1v) is 9.37. The van der Waals surface area contributed by atoms with Gasteiger partial charge in [0.25, 0.3) is 5.91 Å². The van der Waals surface area contributed by atoms with E-state index in [4.69, 9.17) is 11.6 Å². The maximum absolute atomic E-state index is 13.4. The number of rotatable bonds is 2. The molecule has 4 nitrogen and oxygen atoms in total. The number of benzene rings is 3. The van der Waals surface area contributed by atoms with Crippen LogP contribution in [-0.4, -0.2) is 11.9 Å². The van der Waals surface area contributed by atoms with E-state index < -0.39 is 29.5 Å². The van der Waals surface area contributed by atoms with Crippen molar-refractivity contribution < 1.29 is 27.2 Å². The minimum Gasteiger partial charge on any atom is -0.308 e. The van der Waals surface area contributed by atoms with Crippen molar-refractivity contribution in [2.45, 2.75) is 11.1 Å². The van der Waals surface area contributed by atoms with E-state index in [1.807, 2.05) is 0 Å². The van der Waals surface area contributed by atoms with Gasteiger partial charge in [-0.2, -0.15) is 13.2 Å². The molecular formula is C21H15ClF4N2O2S. The lowest BCUT2D eigenvalue weighted by Gasteiger charge is -2.07. The summed E-state index contributed by atoms with van der Waals surface area (Å²) < 4.78 is 49.1. The van der Waals surface area contributed by atoms with Crippen molar-refractivity contribution >= 4 is 41.9 Å². The molecule has 10 heteroatoms. The second kappa shape index (κ2) is 10.8. The molecule has 3 aromatic rings. The number of urea groups is 1. The van der Waals surface area contributed by atoms with Crippen molar-refractivity contribution in [1.29, 1.82) is 0 Å². The zero-order chi connectivity index (χ0) is 23.0. The maximum Gasteiger partial charge on any atom is 0.416 e. The first kappa shape index (κ1) is 24.2. The molecule has 2 N–H and O–H groups in total. The fraction of sp³-hybridized carbons (Fsp3) is 0.0476. The minimum absolute atomic E-state index is 0.0971. The Kier molecular flexibility index (Phi) is 8.47. The van der Waals surface area contributed by atoms with Gasteiger partial charge < -0.3 is 5.32 Å². The van der Waals surface area contributed by atoms with Gasteiger partial charge in [0, 0.05) is 15.6 Å². The summed E-state index contributed by atoms with van der Waals surface area (Å²) in [5.41, 5.74) is -0.403. The molecule has 3 amide bonds. The molecule has 0 bridgehead atoms. The second-order valence-electron chi connectivity index (χ2n) is 5.94. The van der Waals surface area contributed by atoms with E-state index >= 15 is 0 Å². The lowest BCUT2D eigenvalue weighted by molar-refractivity contribution is -0.137.